The molecule has 4 rings (SSSR count). The van der Waals surface area contributed by atoms with Crippen LogP contribution < -0.4 is 16.6 Å². The van der Waals surface area contributed by atoms with Gasteiger partial charge in [0.2, 0.25) is 5.91 Å². The Morgan fingerprint density at radius 2 is 1.75 bits per heavy atom. The van der Waals surface area contributed by atoms with E-state index >= 15 is 0 Å². The molecule has 32 heavy (non-hydrogen) atoms. The monoisotopic (exact) mass is 432 g/mol. The van der Waals surface area contributed by atoms with Crippen molar-refractivity contribution in [2.45, 2.75) is 13.0 Å². The highest BCUT2D eigenvalue weighted by molar-refractivity contribution is 5.84. The lowest BCUT2D eigenvalue weighted by Gasteiger charge is -2.37. The highest BCUT2D eigenvalue weighted by Gasteiger charge is 2.31. The van der Waals surface area contributed by atoms with Crippen molar-refractivity contribution in [3.8, 4) is 11.3 Å². The molecule has 2 aromatic carbocycles. The van der Waals surface area contributed by atoms with Crippen molar-refractivity contribution < 1.29 is 4.79 Å². The summed E-state index contributed by atoms with van der Waals surface area (Å²) in [6.45, 7) is 3.48. The number of nitrogens with zero attached hydrogens (tertiary/aromatic N) is 4. The highest BCUT2D eigenvalue weighted by Crippen LogP contribution is 2.28. The van der Waals surface area contributed by atoms with Crippen molar-refractivity contribution in [3.63, 3.8) is 0 Å². The van der Waals surface area contributed by atoms with Crippen molar-refractivity contribution in [1.29, 1.82) is 0 Å². The van der Waals surface area contributed by atoms with Crippen LogP contribution in [0.1, 0.15) is 17.2 Å². The largest absolute Gasteiger partial charge is 0.398 e. The first kappa shape index (κ1) is 21.6. The number of hydrogen-bond acceptors (Lipinski definition) is 6. The maximum Gasteiger partial charge on any atom is 0.293 e. The van der Waals surface area contributed by atoms with Crippen LogP contribution in [0.4, 0.5) is 17.2 Å². The van der Waals surface area contributed by atoms with Crippen molar-refractivity contribution in [2.24, 2.45) is 7.05 Å². The molecule has 0 spiro atoms. The number of hydrogen-bond donors (Lipinski definition) is 2. The van der Waals surface area contributed by atoms with Gasteiger partial charge < -0.3 is 20.5 Å². The molecule has 2 heterocycles. The lowest BCUT2D eigenvalue weighted by molar-refractivity contribution is -0.139. The van der Waals surface area contributed by atoms with E-state index in [4.69, 9.17) is 5.73 Å². The number of rotatable bonds is 4. The van der Waals surface area contributed by atoms with Gasteiger partial charge in [0, 0.05) is 50.3 Å². The fraction of sp³-hybridized carbons (Fsp3) is 0.292. The summed E-state index contributed by atoms with van der Waals surface area (Å²) in [5, 5.41) is 3.13. The van der Waals surface area contributed by atoms with Crippen LogP contribution in [0, 0.1) is 6.92 Å². The molecule has 3 aromatic rings. The number of aromatic nitrogens is 2. The Kier molecular flexibility index (Phi) is 5.71. The third kappa shape index (κ3) is 3.97. The van der Waals surface area contributed by atoms with Crippen LogP contribution in [0.25, 0.3) is 11.3 Å². The average Bonchev–Trinajstić information content (AvgIpc) is 2.77. The third-order valence-electron chi connectivity index (χ3n) is 6.05. The van der Waals surface area contributed by atoms with E-state index in [1.54, 1.807) is 18.1 Å². The van der Waals surface area contributed by atoms with Crippen LogP contribution in [0.3, 0.4) is 0 Å². The van der Waals surface area contributed by atoms with Gasteiger partial charge in [-0.3, -0.25) is 14.5 Å². The maximum absolute atomic E-state index is 12.7. The Hall–Kier alpha value is -3.65. The predicted molar refractivity (Wildman–Crippen MR) is 127 cm³/mol. The Bertz CT molecular complexity index is 1220. The molecule has 0 bridgehead atoms. The van der Waals surface area contributed by atoms with E-state index in [-0.39, 0.29) is 23.3 Å². The number of aryl methyl sites for hydroxylation is 1. The zero-order chi connectivity index (χ0) is 23.0. The lowest BCUT2D eigenvalue weighted by Crippen LogP contribution is -2.48. The van der Waals surface area contributed by atoms with Gasteiger partial charge in [-0.05, 0) is 43.3 Å². The van der Waals surface area contributed by atoms with Crippen LogP contribution >= 0.6 is 0 Å². The van der Waals surface area contributed by atoms with Crippen molar-refractivity contribution in [1.82, 2.24) is 19.4 Å². The minimum absolute atomic E-state index is 0.0835. The molecule has 1 aliphatic rings. The molecule has 0 aliphatic carbocycles. The summed E-state index contributed by atoms with van der Waals surface area (Å²) >= 11 is 0. The number of nitrogen functional groups attached to an aromatic ring is 1. The Labute approximate surface area is 187 Å². The molecular formula is C24H28N6O2. The fourth-order valence-electron chi connectivity index (χ4n) is 3.98. The SMILES string of the molecule is Cc1c(N)cccc1-c1cn(C)c(=O)c(Nc2ccc([C@H]3C(=O)N(C)CCN3C)cc2)n1. The van der Waals surface area contributed by atoms with E-state index in [2.05, 4.69) is 15.2 Å². The number of nitrogens with one attached hydrogen (secondary N) is 1. The molecule has 8 heteroatoms. The van der Waals surface area contributed by atoms with Crippen molar-refractivity contribution in [2.75, 3.05) is 38.2 Å². The molecule has 1 saturated heterocycles. The van der Waals surface area contributed by atoms with Gasteiger partial charge in [0.1, 0.15) is 6.04 Å². The van der Waals surface area contributed by atoms with Gasteiger partial charge in [-0.2, -0.15) is 0 Å². The van der Waals surface area contributed by atoms with Crippen LogP contribution in [-0.2, 0) is 11.8 Å². The molecule has 3 N–H and O–H groups in total. The Morgan fingerprint density at radius 3 is 2.47 bits per heavy atom. The molecule has 8 nitrogen and oxygen atoms in total. The molecule has 0 unspecified atom stereocenters. The molecule has 1 fully saturated rings. The number of benzene rings is 2. The average molecular weight is 433 g/mol. The van der Waals surface area contributed by atoms with E-state index in [0.717, 1.165) is 35.5 Å². The number of anilines is 3. The summed E-state index contributed by atoms with van der Waals surface area (Å²) in [5.74, 6) is 0.311. The number of likely N-dealkylation sites (N-methyl/N-ethyl adjacent to an activating group) is 2. The first-order valence-corrected chi connectivity index (χ1v) is 10.5. The number of carbonyl (C=O) groups is 1. The molecule has 1 atom stereocenters. The normalized spacial score (nSPS) is 16.9. The molecule has 0 saturated carbocycles. The number of nitrogens with two attached hydrogens (primary N) is 1. The van der Waals surface area contributed by atoms with Crippen molar-refractivity contribution >= 4 is 23.1 Å². The van der Waals surface area contributed by atoms with Gasteiger partial charge >= 0.3 is 0 Å². The van der Waals surface area contributed by atoms with Crippen LogP contribution in [0.15, 0.2) is 53.5 Å². The van der Waals surface area contributed by atoms with Crippen molar-refractivity contribution in [3.05, 3.63) is 70.1 Å². The summed E-state index contributed by atoms with van der Waals surface area (Å²) in [6.07, 6.45) is 1.71. The second kappa shape index (κ2) is 8.47. The number of amides is 1. The smallest absolute Gasteiger partial charge is 0.293 e. The zero-order valence-corrected chi connectivity index (χ0v) is 18.8. The van der Waals surface area contributed by atoms with Gasteiger partial charge in [-0.15, -0.1) is 0 Å². The van der Waals surface area contributed by atoms with Crippen LogP contribution in [0.2, 0.25) is 0 Å². The molecule has 166 valence electrons. The van der Waals surface area contributed by atoms with Gasteiger partial charge in [0.15, 0.2) is 5.82 Å². The molecular weight excluding hydrogens is 404 g/mol. The second-order valence-electron chi connectivity index (χ2n) is 8.30. The van der Waals surface area contributed by atoms with E-state index in [0.29, 0.717) is 11.4 Å². The lowest BCUT2D eigenvalue weighted by atomic mass is 10.0. The van der Waals surface area contributed by atoms with E-state index in [1.807, 2.05) is 63.5 Å². The third-order valence-corrected chi connectivity index (χ3v) is 6.05. The van der Waals surface area contributed by atoms with Gasteiger partial charge in [0.05, 0.1) is 5.69 Å². The summed E-state index contributed by atoms with van der Waals surface area (Å²) in [6, 6.07) is 12.9. The Morgan fingerprint density at radius 1 is 1.03 bits per heavy atom. The van der Waals surface area contributed by atoms with Gasteiger partial charge in [-0.1, -0.05) is 24.3 Å². The summed E-state index contributed by atoms with van der Waals surface area (Å²) in [5.41, 5.74) is 10.6. The maximum atomic E-state index is 12.7. The van der Waals surface area contributed by atoms with Crippen LogP contribution in [0.5, 0.6) is 0 Å². The first-order valence-electron chi connectivity index (χ1n) is 10.5. The molecule has 1 aliphatic heterocycles. The summed E-state index contributed by atoms with van der Waals surface area (Å²) < 4.78 is 1.51. The molecule has 0 radical (unpaired) electrons. The topological polar surface area (TPSA) is 96.5 Å². The van der Waals surface area contributed by atoms with Gasteiger partial charge in [0.25, 0.3) is 5.56 Å². The minimum atomic E-state index is -0.302. The Balaban J connectivity index is 1.63. The molecule has 1 amide bonds. The van der Waals surface area contributed by atoms with E-state index < -0.39 is 0 Å². The second-order valence-corrected chi connectivity index (χ2v) is 8.30. The summed E-state index contributed by atoms with van der Waals surface area (Å²) in [4.78, 5) is 33.7. The molecule has 1 aromatic heterocycles. The van der Waals surface area contributed by atoms with E-state index in [1.165, 1.54) is 4.57 Å². The quantitative estimate of drug-likeness (QED) is 0.615. The standard InChI is InChI=1S/C24H28N6O2/c1-15-18(6-5-7-19(15)25)20-14-30(4)24(32)22(27-20)26-17-10-8-16(9-11-17)21-23(31)29(3)13-12-28(21)2/h5-11,14,21H,12-13,25H2,1-4H3,(H,26,27)/t21-/m0/s1. The number of piperazine rings is 1. The summed E-state index contributed by atoms with van der Waals surface area (Å²) in [7, 11) is 5.48. The first-order chi connectivity index (χ1) is 15.3. The number of carbonyl (C=O) groups excluding carboxylic acids is 1. The minimum Gasteiger partial charge on any atom is -0.398 e. The van der Waals surface area contributed by atoms with E-state index in [9.17, 15) is 9.59 Å². The van der Waals surface area contributed by atoms with Crippen LogP contribution in [-0.4, -0.2) is 52.4 Å². The zero-order valence-electron chi connectivity index (χ0n) is 18.8. The predicted octanol–water partition coefficient (Wildman–Crippen LogP) is 2.53. The van der Waals surface area contributed by atoms with Gasteiger partial charge in [-0.25, -0.2) is 4.98 Å². The fourth-order valence-corrected chi connectivity index (χ4v) is 3.98. The highest BCUT2D eigenvalue weighted by atomic mass is 16.2.